The van der Waals surface area contributed by atoms with Crippen molar-refractivity contribution < 1.29 is 19.8 Å². The molecule has 23 heavy (non-hydrogen) atoms. The first-order chi connectivity index (χ1) is 10.9. The van der Waals surface area contributed by atoms with E-state index in [4.69, 9.17) is 33.4 Å². The Bertz CT molecular complexity index is 610. The fourth-order valence-electron chi connectivity index (χ4n) is 2.39. The highest BCUT2D eigenvalue weighted by molar-refractivity contribution is 6.41. The second-order valence-corrected chi connectivity index (χ2v) is 5.92. The zero-order chi connectivity index (χ0) is 17.0. The van der Waals surface area contributed by atoms with Crippen molar-refractivity contribution in [2.75, 3.05) is 24.5 Å². The number of carboxylic acid groups (broad SMARTS) is 2. The molecule has 0 aliphatic carbocycles. The fraction of sp³-hybridized carbons (Fsp3) is 0.357. The molecule has 0 saturated carbocycles. The lowest BCUT2D eigenvalue weighted by atomic mass is 9.96. The van der Waals surface area contributed by atoms with Crippen molar-refractivity contribution >= 4 is 40.8 Å². The molecule has 3 rings (SSSR count). The van der Waals surface area contributed by atoms with Gasteiger partial charge in [0.25, 0.3) is 0 Å². The minimum atomic E-state index is -1.26. The van der Waals surface area contributed by atoms with Crippen LogP contribution in [0.4, 0.5) is 5.69 Å². The van der Waals surface area contributed by atoms with Gasteiger partial charge in [0, 0.05) is 43.7 Å². The standard InChI is InChI=1S/C10H11Cl2N3.C4H4O4/c11-8-1-7(3-14-10(8)12)15-4-6-2-13-9(6)5-15;5-3(6)1-2-4(7)8/h1,3,6,9,13H,2,4-5H2;1-2H,(H,5,6)(H,7,8)/b;2-1+/t6-,9+;/m0./s1. The van der Waals surface area contributed by atoms with E-state index in [9.17, 15) is 9.59 Å². The SMILES string of the molecule is Clc1cc(N2C[C@@H]3CN[C@@H]3C2)cnc1Cl.O=C(O)/C=C/C(=O)O. The van der Waals surface area contributed by atoms with Gasteiger partial charge in [-0.05, 0) is 6.07 Å². The van der Waals surface area contributed by atoms with Crippen LogP contribution in [0.5, 0.6) is 0 Å². The van der Waals surface area contributed by atoms with Crippen molar-refractivity contribution in [2.24, 2.45) is 5.92 Å². The third kappa shape index (κ3) is 4.82. The van der Waals surface area contributed by atoms with Gasteiger partial charge in [-0.15, -0.1) is 0 Å². The normalized spacial score (nSPS) is 22.1. The van der Waals surface area contributed by atoms with Crippen LogP contribution in [0.3, 0.4) is 0 Å². The summed E-state index contributed by atoms with van der Waals surface area (Å²) >= 11 is 11.7. The van der Waals surface area contributed by atoms with Crippen LogP contribution < -0.4 is 10.2 Å². The maximum Gasteiger partial charge on any atom is 0.328 e. The van der Waals surface area contributed by atoms with E-state index in [1.165, 1.54) is 0 Å². The Morgan fingerprint density at radius 1 is 1.26 bits per heavy atom. The van der Waals surface area contributed by atoms with Crippen LogP contribution >= 0.6 is 23.2 Å². The zero-order valence-corrected chi connectivity index (χ0v) is 13.5. The number of nitrogens with one attached hydrogen (secondary N) is 1. The minimum absolute atomic E-state index is 0.376. The molecule has 3 heterocycles. The van der Waals surface area contributed by atoms with E-state index < -0.39 is 11.9 Å². The Labute approximate surface area is 142 Å². The Balaban J connectivity index is 0.000000207. The number of anilines is 1. The summed E-state index contributed by atoms with van der Waals surface area (Å²) in [6.45, 7) is 3.28. The molecule has 0 spiro atoms. The van der Waals surface area contributed by atoms with Crippen molar-refractivity contribution in [1.82, 2.24) is 10.3 Å². The molecule has 0 bridgehead atoms. The number of rotatable bonds is 3. The number of hydrogen-bond acceptors (Lipinski definition) is 5. The average Bonchev–Trinajstić information content (AvgIpc) is 2.76. The Morgan fingerprint density at radius 2 is 1.91 bits per heavy atom. The van der Waals surface area contributed by atoms with E-state index in [1.54, 1.807) is 6.20 Å². The number of aliphatic carboxylic acids is 2. The van der Waals surface area contributed by atoms with Crippen molar-refractivity contribution in [1.29, 1.82) is 0 Å². The molecule has 7 nitrogen and oxygen atoms in total. The predicted octanol–water partition coefficient (Wildman–Crippen LogP) is 1.51. The summed E-state index contributed by atoms with van der Waals surface area (Å²) in [6.07, 6.45) is 2.91. The molecule has 3 N–H and O–H groups in total. The molecule has 2 fully saturated rings. The summed E-state index contributed by atoms with van der Waals surface area (Å²) in [6, 6.07) is 2.54. The number of hydrogen-bond donors (Lipinski definition) is 3. The summed E-state index contributed by atoms with van der Waals surface area (Å²) in [5.41, 5.74) is 1.07. The highest BCUT2D eigenvalue weighted by atomic mass is 35.5. The first-order valence-electron chi connectivity index (χ1n) is 6.80. The molecule has 2 aliphatic rings. The number of carboxylic acids is 2. The summed E-state index contributed by atoms with van der Waals surface area (Å²) in [5, 5.41) is 19.9. The summed E-state index contributed by atoms with van der Waals surface area (Å²) in [5.74, 6) is -1.72. The minimum Gasteiger partial charge on any atom is -0.478 e. The molecule has 1 aromatic rings. The van der Waals surface area contributed by atoms with Crippen LogP contribution in [-0.2, 0) is 9.59 Å². The highest BCUT2D eigenvalue weighted by Gasteiger charge is 2.39. The molecule has 0 unspecified atom stereocenters. The lowest BCUT2D eigenvalue weighted by molar-refractivity contribution is -0.134. The average molecular weight is 360 g/mol. The van der Waals surface area contributed by atoms with Crippen molar-refractivity contribution in [2.45, 2.75) is 6.04 Å². The van der Waals surface area contributed by atoms with Crippen LogP contribution in [0.25, 0.3) is 0 Å². The van der Waals surface area contributed by atoms with E-state index in [2.05, 4.69) is 15.2 Å². The fourth-order valence-corrected chi connectivity index (χ4v) is 2.65. The molecular weight excluding hydrogens is 345 g/mol. The van der Waals surface area contributed by atoms with Gasteiger partial charge in [-0.2, -0.15) is 0 Å². The predicted molar refractivity (Wildman–Crippen MR) is 86.2 cm³/mol. The van der Waals surface area contributed by atoms with Gasteiger partial charge >= 0.3 is 11.9 Å². The molecule has 2 aliphatic heterocycles. The van der Waals surface area contributed by atoms with Crippen LogP contribution in [0, 0.1) is 5.92 Å². The molecule has 0 radical (unpaired) electrons. The van der Waals surface area contributed by atoms with E-state index in [1.807, 2.05) is 6.07 Å². The van der Waals surface area contributed by atoms with Gasteiger partial charge in [0.1, 0.15) is 5.15 Å². The van der Waals surface area contributed by atoms with Crippen molar-refractivity contribution in [3.8, 4) is 0 Å². The Hall–Kier alpha value is -1.83. The first-order valence-corrected chi connectivity index (χ1v) is 7.55. The number of pyridine rings is 1. The van der Waals surface area contributed by atoms with Crippen molar-refractivity contribution in [3.63, 3.8) is 0 Å². The maximum absolute atomic E-state index is 9.55. The molecule has 2 saturated heterocycles. The molecule has 9 heteroatoms. The van der Waals surface area contributed by atoms with Crippen LogP contribution in [0.15, 0.2) is 24.4 Å². The molecule has 0 amide bonds. The summed E-state index contributed by atoms with van der Waals surface area (Å²) in [4.78, 5) is 25.5. The van der Waals surface area contributed by atoms with Gasteiger partial charge in [0.2, 0.25) is 0 Å². The molecule has 1 aromatic heterocycles. The molecule has 2 atom stereocenters. The van der Waals surface area contributed by atoms with Crippen molar-refractivity contribution in [3.05, 3.63) is 34.6 Å². The van der Waals surface area contributed by atoms with E-state index in [0.29, 0.717) is 28.4 Å². The first kappa shape index (κ1) is 17.5. The van der Waals surface area contributed by atoms with Gasteiger partial charge in [-0.1, -0.05) is 23.2 Å². The maximum atomic E-state index is 9.55. The van der Waals surface area contributed by atoms with Gasteiger partial charge in [-0.3, -0.25) is 0 Å². The second kappa shape index (κ2) is 7.63. The highest BCUT2D eigenvalue weighted by Crippen LogP contribution is 2.30. The lowest BCUT2D eigenvalue weighted by Crippen LogP contribution is -2.51. The molecule has 0 aromatic carbocycles. The third-order valence-corrected chi connectivity index (χ3v) is 4.28. The quantitative estimate of drug-likeness (QED) is 0.555. The largest absolute Gasteiger partial charge is 0.478 e. The number of fused-ring (bicyclic) bond motifs is 1. The van der Waals surface area contributed by atoms with E-state index >= 15 is 0 Å². The second-order valence-electron chi connectivity index (χ2n) is 5.16. The zero-order valence-electron chi connectivity index (χ0n) is 11.9. The lowest BCUT2D eigenvalue weighted by Gasteiger charge is -2.29. The van der Waals surface area contributed by atoms with E-state index in [-0.39, 0.29) is 0 Å². The topological polar surface area (TPSA) is 103 Å². The molecule has 124 valence electrons. The summed E-state index contributed by atoms with van der Waals surface area (Å²) in [7, 11) is 0. The van der Waals surface area contributed by atoms with Gasteiger partial charge in [-0.25, -0.2) is 14.6 Å². The van der Waals surface area contributed by atoms with Gasteiger partial charge < -0.3 is 20.4 Å². The van der Waals surface area contributed by atoms with E-state index in [0.717, 1.165) is 31.2 Å². The van der Waals surface area contributed by atoms with Crippen LogP contribution in [-0.4, -0.2) is 52.8 Å². The number of nitrogens with zero attached hydrogens (tertiary/aromatic N) is 2. The third-order valence-electron chi connectivity index (χ3n) is 3.60. The van der Waals surface area contributed by atoms with Crippen LogP contribution in [0.2, 0.25) is 10.2 Å². The Kier molecular flexibility index (Phi) is 5.81. The smallest absolute Gasteiger partial charge is 0.328 e. The Morgan fingerprint density at radius 3 is 2.30 bits per heavy atom. The monoisotopic (exact) mass is 359 g/mol. The number of halogens is 2. The number of aromatic nitrogens is 1. The van der Waals surface area contributed by atoms with Gasteiger partial charge in [0.05, 0.1) is 16.9 Å². The number of carbonyl (C=O) groups is 2. The summed E-state index contributed by atoms with van der Waals surface area (Å²) < 4.78 is 0. The van der Waals surface area contributed by atoms with Gasteiger partial charge in [0.15, 0.2) is 0 Å². The molecular formula is C14H15Cl2N3O4. The van der Waals surface area contributed by atoms with Crippen LogP contribution in [0.1, 0.15) is 0 Å².